The second-order valence-corrected chi connectivity index (χ2v) is 11.3. The molecule has 7 rings (SSSR count). The van der Waals surface area contributed by atoms with Crippen LogP contribution in [0.25, 0.3) is 11.3 Å². The Morgan fingerprint density at radius 2 is 1.64 bits per heavy atom. The monoisotopic (exact) mass is 612 g/mol. The number of amides is 1. The molecule has 12 nitrogen and oxygen atoms in total. The number of hydrogen-bond donors (Lipinski definition) is 1. The number of nitrogens with one attached hydrogen (secondary N) is 1. The quantitative estimate of drug-likeness (QED) is 0.293. The Balaban J connectivity index is 1.25. The van der Waals surface area contributed by atoms with Crippen molar-refractivity contribution < 1.29 is 38.0 Å². The van der Waals surface area contributed by atoms with Crippen LogP contribution in [-0.2, 0) is 20.9 Å². The molecular weight excluding hydrogens is 580 g/mol. The maximum atomic E-state index is 13.5. The molecule has 1 aromatic heterocycles. The van der Waals surface area contributed by atoms with Crippen molar-refractivity contribution in [3.05, 3.63) is 77.0 Å². The first-order valence-electron chi connectivity index (χ1n) is 14.5. The molecule has 0 unspecified atom stereocenters. The van der Waals surface area contributed by atoms with Crippen molar-refractivity contribution in [2.24, 2.45) is 11.8 Å². The molecule has 2 aliphatic heterocycles. The number of carbonyl (C=O) groups is 2. The molecule has 232 valence electrons. The molecule has 1 fully saturated rings. The number of esters is 1. The summed E-state index contributed by atoms with van der Waals surface area (Å²) in [6.45, 7) is 2.18. The van der Waals surface area contributed by atoms with E-state index < -0.39 is 17.9 Å². The van der Waals surface area contributed by atoms with Crippen LogP contribution in [-0.4, -0.2) is 61.6 Å². The van der Waals surface area contributed by atoms with Crippen LogP contribution in [0, 0.1) is 18.8 Å². The number of fused-ring (bicyclic) bond motifs is 3. The lowest BCUT2D eigenvalue weighted by molar-refractivity contribution is -0.141. The second-order valence-electron chi connectivity index (χ2n) is 11.3. The molecule has 0 spiro atoms. The van der Waals surface area contributed by atoms with Gasteiger partial charge in [-0.05, 0) is 47.9 Å². The van der Waals surface area contributed by atoms with E-state index in [2.05, 4.69) is 15.6 Å². The van der Waals surface area contributed by atoms with Gasteiger partial charge in [0.15, 0.2) is 23.0 Å². The van der Waals surface area contributed by atoms with E-state index in [9.17, 15) is 9.59 Å². The van der Waals surface area contributed by atoms with Gasteiger partial charge < -0.3 is 33.7 Å². The van der Waals surface area contributed by atoms with Gasteiger partial charge in [0.2, 0.25) is 18.4 Å². The molecule has 45 heavy (non-hydrogen) atoms. The highest BCUT2D eigenvalue weighted by atomic mass is 16.7. The minimum atomic E-state index is -0.606. The summed E-state index contributed by atoms with van der Waals surface area (Å²) in [6.07, 6.45) is 1.74. The average Bonchev–Trinajstić information content (AvgIpc) is 3.80. The van der Waals surface area contributed by atoms with Crippen molar-refractivity contribution in [1.82, 2.24) is 20.3 Å². The topological polar surface area (TPSA) is 132 Å². The predicted octanol–water partition coefficient (Wildman–Crippen LogP) is 3.80. The molecule has 1 amide bonds. The minimum absolute atomic E-state index is 0.0578. The lowest BCUT2D eigenvalue weighted by Gasteiger charge is -2.39. The van der Waals surface area contributed by atoms with E-state index in [1.54, 1.807) is 20.4 Å². The summed E-state index contributed by atoms with van der Waals surface area (Å²) in [5.74, 6) is 0.447. The van der Waals surface area contributed by atoms with Crippen molar-refractivity contribution in [1.29, 1.82) is 0 Å². The van der Waals surface area contributed by atoms with Gasteiger partial charge in [0.05, 0.1) is 46.1 Å². The third kappa shape index (κ3) is 4.95. The molecule has 12 heteroatoms. The minimum Gasteiger partial charge on any atom is -0.493 e. The van der Waals surface area contributed by atoms with E-state index in [1.807, 2.05) is 55.5 Å². The maximum Gasteiger partial charge on any atom is 0.310 e. The van der Waals surface area contributed by atoms with Crippen LogP contribution in [0.5, 0.6) is 28.7 Å². The standard InChI is InChI=1S/C33H32N4O8/c1-17-5-7-18(8-6-17)23-13-37(36-35-23)14-28(38)34-31-21-12-25-24(44-16-45-25)11-20(21)29(30-22(31)15-43-33(30)39)19-9-26(40-2)32(42-4)27(10-19)41-3/h5-13,22,29-31H,14-16H2,1-4H3,(H,34,38)/t22-,29+,30-,31+/m0/s1. The van der Waals surface area contributed by atoms with E-state index in [4.69, 9.17) is 28.4 Å². The van der Waals surface area contributed by atoms with Crippen LogP contribution in [0.4, 0.5) is 0 Å². The molecule has 4 aromatic rings. The van der Waals surface area contributed by atoms with Crippen molar-refractivity contribution in [2.45, 2.75) is 25.4 Å². The lowest BCUT2D eigenvalue weighted by atomic mass is 9.65. The molecule has 3 aromatic carbocycles. The number of ether oxygens (including phenoxy) is 6. The molecule has 3 aliphatic rings. The van der Waals surface area contributed by atoms with Crippen LogP contribution >= 0.6 is 0 Å². The number of methoxy groups -OCH3 is 3. The Morgan fingerprint density at radius 3 is 2.31 bits per heavy atom. The fourth-order valence-corrected chi connectivity index (χ4v) is 6.63. The second kappa shape index (κ2) is 11.3. The van der Waals surface area contributed by atoms with Gasteiger partial charge in [0.25, 0.3) is 0 Å². The first-order chi connectivity index (χ1) is 21.9. The van der Waals surface area contributed by atoms with E-state index in [0.717, 1.165) is 27.8 Å². The first kappa shape index (κ1) is 28.5. The lowest BCUT2D eigenvalue weighted by Crippen LogP contribution is -2.43. The summed E-state index contributed by atoms with van der Waals surface area (Å²) >= 11 is 0. The third-order valence-corrected chi connectivity index (χ3v) is 8.74. The highest BCUT2D eigenvalue weighted by Crippen LogP contribution is 2.55. The van der Waals surface area contributed by atoms with Crippen LogP contribution in [0.2, 0.25) is 0 Å². The zero-order chi connectivity index (χ0) is 31.2. The normalized spacial score (nSPS) is 21.0. The van der Waals surface area contributed by atoms with Crippen LogP contribution in [0.1, 0.15) is 34.2 Å². The Hall–Kier alpha value is -5.26. The molecule has 1 N–H and O–H groups in total. The van der Waals surface area contributed by atoms with Crippen LogP contribution in [0.3, 0.4) is 0 Å². The summed E-state index contributed by atoms with van der Waals surface area (Å²) < 4.78 is 35.5. The van der Waals surface area contributed by atoms with Gasteiger partial charge in [0, 0.05) is 17.4 Å². The Labute approximate surface area is 259 Å². The summed E-state index contributed by atoms with van der Waals surface area (Å²) in [5.41, 5.74) is 5.11. The predicted molar refractivity (Wildman–Crippen MR) is 160 cm³/mol. The van der Waals surface area contributed by atoms with Gasteiger partial charge in [-0.15, -0.1) is 5.10 Å². The van der Waals surface area contributed by atoms with E-state index in [1.165, 1.54) is 11.8 Å². The summed E-state index contributed by atoms with van der Waals surface area (Å²) in [4.78, 5) is 27.0. The van der Waals surface area contributed by atoms with Crippen molar-refractivity contribution in [2.75, 3.05) is 34.7 Å². The van der Waals surface area contributed by atoms with Crippen molar-refractivity contribution in [3.63, 3.8) is 0 Å². The molecule has 0 saturated carbocycles. The Morgan fingerprint density at radius 1 is 0.956 bits per heavy atom. The van der Waals surface area contributed by atoms with Gasteiger partial charge in [-0.1, -0.05) is 35.0 Å². The molecule has 4 atom stereocenters. The van der Waals surface area contributed by atoms with E-state index in [0.29, 0.717) is 34.4 Å². The fraction of sp³-hybridized carbons (Fsp3) is 0.333. The van der Waals surface area contributed by atoms with Crippen LogP contribution in [0.15, 0.2) is 54.7 Å². The SMILES string of the molecule is COc1cc([C@@H]2c3cc4c(cc3[C@@H](NC(=O)Cn3cc(-c5ccc(C)cc5)nn3)[C@H]3COC(=O)[C@H]23)OCO4)cc(OC)c1OC. The largest absolute Gasteiger partial charge is 0.493 e. The number of rotatable bonds is 8. The van der Waals surface area contributed by atoms with E-state index >= 15 is 0 Å². The zero-order valence-electron chi connectivity index (χ0n) is 25.2. The first-order valence-corrected chi connectivity index (χ1v) is 14.5. The van der Waals surface area contributed by atoms with Crippen molar-refractivity contribution >= 4 is 11.9 Å². The molecule has 3 heterocycles. The van der Waals surface area contributed by atoms with Gasteiger partial charge in [0.1, 0.15) is 12.2 Å². The molecule has 0 bridgehead atoms. The number of hydrogen-bond acceptors (Lipinski definition) is 10. The average molecular weight is 613 g/mol. The van der Waals surface area contributed by atoms with Crippen LogP contribution < -0.4 is 29.0 Å². The van der Waals surface area contributed by atoms with Gasteiger partial charge >= 0.3 is 5.97 Å². The number of aromatic nitrogens is 3. The number of cyclic esters (lactones) is 1. The molecule has 1 aliphatic carbocycles. The fourth-order valence-electron chi connectivity index (χ4n) is 6.63. The Kier molecular flexibility index (Phi) is 7.19. The van der Waals surface area contributed by atoms with Gasteiger partial charge in [-0.3, -0.25) is 9.59 Å². The Bertz CT molecular complexity index is 1760. The summed E-state index contributed by atoms with van der Waals surface area (Å²) in [5, 5.41) is 11.6. The van der Waals surface area contributed by atoms with E-state index in [-0.39, 0.29) is 37.7 Å². The molecular formula is C33H32N4O8. The summed E-state index contributed by atoms with van der Waals surface area (Å²) in [6, 6.07) is 14.9. The summed E-state index contributed by atoms with van der Waals surface area (Å²) in [7, 11) is 4.63. The third-order valence-electron chi connectivity index (χ3n) is 8.74. The number of benzene rings is 3. The van der Waals surface area contributed by atoms with Gasteiger partial charge in [-0.25, -0.2) is 4.68 Å². The van der Waals surface area contributed by atoms with Gasteiger partial charge in [-0.2, -0.15) is 0 Å². The number of nitrogens with zero attached hydrogens (tertiary/aromatic N) is 3. The maximum absolute atomic E-state index is 13.5. The highest BCUT2D eigenvalue weighted by molar-refractivity contribution is 5.81. The zero-order valence-corrected chi connectivity index (χ0v) is 25.2. The number of carbonyl (C=O) groups excluding carboxylic acids is 2. The van der Waals surface area contributed by atoms with Crippen molar-refractivity contribution in [3.8, 4) is 40.0 Å². The number of aryl methyl sites for hydroxylation is 1. The molecule has 1 saturated heterocycles. The molecule has 0 radical (unpaired) electrons. The smallest absolute Gasteiger partial charge is 0.310 e. The highest BCUT2D eigenvalue weighted by Gasteiger charge is 2.53.